The van der Waals surface area contributed by atoms with Gasteiger partial charge < -0.3 is 10.4 Å². The average Bonchev–Trinajstić information content (AvgIpc) is 2.90. The molecule has 6 nitrogen and oxygen atoms in total. The molecule has 0 aliphatic carbocycles. The lowest BCUT2D eigenvalue weighted by Gasteiger charge is -2.08. The summed E-state index contributed by atoms with van der Waals surface area (Å²) < 4.78 is 1.39. The van der Waals surface area contributed by atoms with Crippen molar-refractivity contribution in [3.63, 3.8) is 0 Å². The van der Waals surface area contributed by atoms with Crippen LogP contribution >= 0.6 is 11.6 Å². The first-order valence-electron chi connectivity index (χ1n) is 6.63. The normalized spacial score (nSPS) is 12.2. The number of carbonyl (C=O) groups is 1. The Morgan fingerprint density at radius 3 is 3.00 bits per heavy atom. The van der Waals surface area contributed by atoms with E-state index in [1.807, 2.05) is 19.9 Å². The van der Waals surface area contributed by atoms with E-state index in [-0.39, 0.29) is 12.5 Å². The van der Waals surface area contributed by atoms with Crippen molar-refractivity contribution in [2.45, 2.75) is 32.9 Å². The summed E-state index contributed by atoms with van der Waals surface area (Å²) in [6, 6.07) is 5.30. The monoisotopic (exact) mass is 308 g/mol. The molecule has 1 aromatic heterocycles. The van der Waals surface area contributed by atoms with Gasteiger partial charge in [-0.1, -0.05) is 29.8 Å². The molecule has 0 fully saturated rings. The second-order valence-electron chi connectivity index (χ2n) is 4.77. The number of amides is 1. The van der Waals surface area contributed by atoms with Crippen molar-refractivity contribution >= 4 is 23.2 Å². The molecule has 2 N–H and O–H groups in total. The van der Waals surface area contributed by atoms with Gasteiger partial charge in [-0.25, -0.2) is 4.68 Å². The number of aromatic nitrogens is 3. The first-order chi connectivity index (χ1) is 9.99. The van der Waals surface area contributed by atoms with Crippen LogP contribution in [0.4, 0.5) is 5.69 Å². The van der Waals surface area contributed by atoms with Gasteiger partial charge in [-0.05, 0) is 31.0 Å². The summed E-state index contributed by atoms with van der Waals surface area (Å²) in [6.07, 6.45) is 1.46. The van der Waals surface area contributed by atoms with Crippen LogP contribution < -0.4 is 5.32 Å². The van der Waals surface area contributed by atoms with Crippen molar-refractivity contribution < 1.29 is 9.90 Å². The summed E-state index contributed by atoms with van der Waals surface area (Å²) >= 11 is 5.91. The molecule has 0 spiro atoms. The molecular weight excluding hydrogens is 292 g/mol. The van der Waals surface area contributed by atoms with Crippen molar-refractivity contribution in [3.8, 4) is 0 Å². The molecule has 2 rings (SSSR count). The number of rotatable bonds is 5. The molecule has 7 heteroatoms. The minimum absolute atomic E-state index is 0.0232. The van der Waals surface area contributed by atoms with Gasteiger partial charge in [-0.3, -0.25) is 4.79 Å². The number of aliphatic hydroxyl groups is 1. The lowest BCUT2D eigenvalue weighted by molar-refractivity contribution is -0.116. The van der Waals surface area contributed by atoms with Crippen LogP contribution in [-0.4, -0.2) is 26.0 Å². The maximum absolute atomic E-state index is 12.0. The molecular formula is C14H17ClN4O2. The molecule has 1 aromatic carbocycles. The van der Waals surface area contributed by atoms with Gasteiger partial charge in [0.05, 0.1) is 12.3 Å². The summed E-state index contributed by atoms with van der Waals surface area (Å²) in [5, 5.41) is 20.7. The summed E-state index contributed by atoms with van der Waals surface area (Å²) in [7, 11) is 0. The van der Waals surface area contributed by atoms with Crippen LogP contribution in [0.2, 0.25) is 5.02 Å². The third-order valence-electron chi connectivity index (χ3n) is 3.06. The third-order valence-corrected chi connectivity index (χ3v) is 3.30. The molecule has 0 saturated heterocycles. The molecule has 2 aromatic rings. The standard InChI is InChI=1S/C14H17ClN4O2/c1-3-13(20)12-7-19(18-17-12)8-14(21)16-11-6-10(15)5-4-9(11)2/h4-7,13,20H,3,8H2,1-2H3,(H,16,21). The molecule has 0 bridgehead atoms. The average molecular weight is 309 g/mol. The first-order valence-corrected chi connectivity index (χ1v) is 7.01. The molecule has 1 heterocycles. The molecule has 0 aliphatic rings. The molecule has 112 valence electrons. The topological polar surface area (TPSA) is 80.0 Å². The van der Waals surface area contributed by atoms with E-state index in [0.29, 0.717) is 22.8 Å². The Bertz CT molecular complexity index is 642. The number of hydrogen-bond donors (Lipinski definition) is 2. The zero-order valence-electron chi connectivity index (χ0n) is 11.9. The van der Waals surface area contributed by atoms with Gasteiger partial charge in [0, 0.05) is 10.7 Å². The highest BCUT2D eigenvalue weighted by Gasteiger charge is 2.12. The number of anilines is 1. The minimum atomic E-state index is -0.656. The molecule has 0 aliphatic heterocycles. The summed E-state index contributed by atoms with van der Waals surface area (Å²) in [5.41, 5.74) is 2.05. The van der Waals surface area contributed by atoms with Crippen molar-refractivity contribution in [2.75, 3.05) is 5.32 Å². The highest BCUT2D eigenvalue weighted by atomic mass is 35.5. The van der Waals surface area contributed by atoms with Gasteiger partial charge in [-0.15, -0.1) is 5.10 Å². The quantitative estimate of drug-likeness (QED) is 0.888. The van der Waals surface area contributed by atoms with Crippen LogP contribution in [0.1, 0.15) is 30.7 Å². The summed E-state index contributed by atoms with van der Waals surface area (Å²) in [5.74, 6) is -0.234. The molecule has 1 unspecified atom stereocenters. The molecule has 0 saturated carbocycles. The zero-order valence-corrected chi connectivity index (χ0v) is 12.6. The lowest BCUT2D eigenvalue weighted by atomic mass is 10.2. The second kappa shape index (κ2) is 6.69. The molecule has 0 radical (unpaired) electrons. The number of nitrogens with one attached hydrogen (secondary N) is 1. The molecule has 1 atom stereocenters. The van der Waals surface area contributed by atoms with E-state index >= 15 is 0 Å². The summed E-state index contributed by atoms with van der Waals surface area (Å²) in [4.78, 5) is 12.0. The largest absolute Gasteiger partial charge is 0.387 e. The van der Waals surface area contributed by atoms with E-state index in [9.17, 15) is 9.90 Å². The Morgan fingerprint density at radius 1 is 1.52 bits per heavy atom. The first kappa shape index (κ1) is 15.5. The van der Waals surface area contributed by atoms with Crippen LogP contribution in [0.3, 0.4) is 0 Å². The fraction of sp³-hybridized carbons (Fsp3) is 0.357. The minimum Gasteiger partial charge on any atom is -0.387 e. The van der Waals surface area contributed by atoms with Gasteiger partial charge in [0.15, 0.2) is 0 Å². The molecule has 21 heavy (non-hydrogen) atoms. The van der Waals surface area contributed by atoms with Gasteiger partial charge in [-0.2, -0.15) is 0 Å². The lowest BCUT2D eigenvalue weighted by Crippen LogP contribution is -2.19. The van der Waals surface area contributed by atoms with Crippen LogP contribution in [0.5, 0.6) is 0 Å². The van der Waals surface area contributed by atoms with E-state index in [0.717, 1.165) is 5.56 Å². The number of benzene rings is 1. The predicted molar refractivity (Wildman–Crippen MR) is 80.1 cm³/mol. The Morgan fingerprint density at radius 2 is 2.29 bits per heavy atom. The number of halogens is 1. The number of carbonyl (C=O) groups excluding carboxylic acids is 1. The van der Waals surface area contributed by atoms with Gasteiger partial charge in [0.2, 0.25) is 5.91 Å². The zero-order chi connectivity index (χ0) is 15.4. The van der Waals surface area contributed by atoms with E-state index in [4.69, 9.17) is 11.6 Å². The van der Waals surface area contributed by atoms with E-state index in [1.165, 1.54) is 4.68 Å². The van der Waals surface area contributed by atoms with Crippen LogP contribution in [0.15, 0.2) is 24.4 Å². The van der Waals surface area contributed by atoms with Crippen LogP contribution in [0, 0.1) is 6.92 Å². The SMILES string of the molecule is CCC(O)c1cn(CC(=O)Nc2cc(Cl)ccc2C)nn1. The molecule has 1 amide bonds. The third kappa shape index (κ3) is 4.03. The van der Waals surface area contributed by atoms with Crippen molar-refractivity contribution in [3.05, 3.63) is 40.7 Å². The summed E-state index contributed by atoms with van der Waals surface area (Å²) in [6.45, 7) is 3.75. The van der Waals surface area contributed by atoms with Crippen LogP contribution in [-0.2, 0) is 11.3 Å². The van der Waals surface area contributed by atoms with Gasteiger partial charge in [0.1, 0.15) is 12.2 Å². The van der Waals surface area contributed by atoms with Crippen LogP contribution in [0.25, 0.3) is 0 Å². The Hall–Kier alpha value is -1.92. The Labute approximate surface area is 127 Å². The van der Waals surface area contributed by atoms with Crippen molar-refractivity contribution in [1.82, 2.24) is 15.0 Å². The number of hydrogen-bond acceptors (Lipinski definition) is 4. The fourth-order valence-electron chi connectivity index (χ4n) is 1.82. The van der Waals surface area contributed by atoms with E-state index in [2.05, 4.69) is 15.6 Å². The van der Waals surface area contributed by atoms with E-state index in [1.54, 1.807) is 18.3 Å². The van der Waals surface area contributed by atoms with E-state index < -0.39 is 6.10 Å². The van der Waals surface area contributed by atoms with Crippen molar-refractivity contribution in [2.24, 2.45) is 0 Å². The highest BCUT2D eigenvalue weighted by molar-refractivity contribution is 6.31. The highest BCUT2D eigenvalue weighted by Crippen LogP contribution is 2.20. The van der Waals surface area contributed by atoms with Crippen molar-refractivity contribution in [1.29, 1.82) is 0 Å². The Kier molecular flexibility index (Phi) is 4.93. The van der Waals surface area contributed by atoms with Gasteiger partial charge >= 0.3 is 0 Å². The van der Waals surface area contributed by atoms with Gasteiger partial charge in [0.25, 0.3) is 0 Å². The maximum atomic E-state index is 12.0. The Balaban J connectivity index is 2.01. The maximum Gasteiger partial charge on any atom is 0.246 e. The number of aryl methyl sites for hydroxylation is 1. The number of nitrogens with zero attached hydrogens (tertiary/aromatic N) is 3. The smallest absolute Gasteiger partial charge is 0.246 e. The second-order valence-corrected chi connectivity index (χ2v) is 5.21. The predicted octanol–water partition coefficient (Wildman–Crippen LogP) is 2.32. The fourth-order valence-corrected chi connectivity index (χ4v) is 1.99. The number of aliphatic hydroxyl groups excluding tert-OH is 1.